The Hall–Kier alpha value is -0.320. The van der Waals surface area contributed by atoms with Crippen LogP contribution in [0.25, 0.3) is 0 Å². The second-order valence-electron chi connectivity index (χ2n) is 4.38. The van der Waals surface area contributed by atoms with Gasteiger partial charge in [0, 0.05) is 32.7 Å². The quantitative estimate of drug-likeness (QED) is 0.811. The Bertz CT molecular complexity index is 214. The molecule has 0 aromatic carbocycles. The van der Waals surface area contributed by atoms with Gasteiger partial charge in [0.1, 0.15) is 0 Å². The van der Waals surface area contributed by atoms with Crippen LogP contribution < -0.4 is 5.73 Å². The second-order valence-corrected chi connectivity index (χ2v) is 4.38. The lowest BCUT2D eigenvalue weighted by Gasteiger charge is -2.29. The van der Waals surface area contributed by atoms with Gasteiger partial charge in [0.2, 0.25) is 5.91 Å². The maximum atomic E-state index is 12.0. The lowest BCUT2D eigenvalue weighted by molar-refractivity contribution is -0.135. The molecule has 4 nitrogen and oxygen atoms in total. The summed E-state index contributed by atoms with van der Waals surface area (Å²) in [7, 11) is 3.48. The molecule has 96 valence electrons. The highest BCUT2D eigenvalue weighted by molar-refractivity contribution is 5.85. The summed E-state index contributed by atoms with van der Waals surface area (Å²) in [5, 5.41) is 0. The van der Waals surface area contributed by atoms with Gasteiger partial charge in [0.05, 0.1) is 6.61 Å². The van der Waals surface area contributed by atoms with Crippen LogP contribution in [0, 0.1) is 5.92 Å². The number of ether oxygens (including phenoxy) is 1. The van der Waals surface area contributed by atoms with Crippen molar-refractivity contribution in [3.05, 3.63) is 0 Å². The molecule has 0 saturated heterocycles. The van der Waals surface area contributed by atoms with E-state index in [1.54, 1.807) is 12.0 Å². The molecule has 2 unspecified atom stereocenters. The van der Waals surface area contributed by atoms with Gasteiger partial charge in [0.25, 0.3) is 0 Å². The van der Waals surface area contributed by atoms with E-state index in [9.17, 15) is 4.79 Å². The SMILES string of the molecule is COCCN(C)C(=O)C1CCCC(N)C1.Cl. The molecule has 0 aromatic rings. The van der Waals surface area contributed by atoms with Crippen molar-refractivity contribution in [1.82, 2.24) is 4.90 Å². The molecule has 1 saturated carbocycles. The molecule has 1 aliphatic carbocycles. The highest BCUT2D eigenvalue weighted by Gasteiger charge is 2.27. The third-order valence-electron chi connectivity index (χ3n) is 3.07. The Kier molecular flexibility index (Phi) is 7.72. The zero-order valence-electron chi connectivity index (χ0n) is 10.1. The van der Waals surface area contributed by atoms with E-state index in [1.165, 1.54) is 0 Å². The van der Waals surface area contributed by atoms with E-state index < -0.39 is 0 Å². The van der Waals surface area contributed by atoms with Gasteiger partial charge in [-0.15, -0.1) is 12.4 Å². The third-order valence-corrected chi connectivity index (χ3v) is 3.07. The van der Waals surface area contributed by atoms with Crippen molar-refractivity contribution < 1.29 is 9.53 Å². The van der Waals surface area contributed by atoms with Crippen molar-refractivity contribution in [2.24, 2.45) is 11.7 Å². The maximum absolute atomic E-state index is 12.0. The number of hydrogen-bond donors (Lipinski definition) is 1. The first kappa shape index (κ1) is 15.7. The summed E-state index contributed by atoms with van der Waals surface area (Å²) < 4.78 is 4.95. The van der Waals surface area contributed by atoms with Crippen molar-refractivity contribution in [3.63, 3.8) is 0 Å². The zero-order chi connectivity index (χ0) is 11.3. The Morgan fingerprint density at radius 3 is 2.75 bits per heavy atom. The van der Waals surface area contributed by atoms with Crippen LogP contribution in [0.15, 0.2) is 0 Å². The van der Waals surface area contributed by atoms with Crippen molar-refractivity contribution in [1.29, 1.82) is 0 Å². The van der Waals surface area contributed by atoms with Crippen molar-refractivity contribution >= 4 is 18.3 Å². The maximum Gasteiger partial charge on any atom is 0.225 e. The highest BCUT2D eigenvalue weighted by Crippen LogP contribution is 2.24. The average Bonchev–Trinajstić information content (AvgIpc) is 2.24. The summed E-state index contributed by atoms with van der Waals surface area (Å²) in [4.78, 5) is 13.7. The van der Waals surface area contributed by atoms with Crippen LogP contribution in [0.3, 0.4) is 0 Å². The first-order valence-electron chi connectivity index (χ1n) is 5.64. The number of halogens is 1. The monoisotopic (exact) mass is 250 g/mol. The first-order valence-corrected chi connectivity index (χ1v) is 5.64. The smallest absolute Gasteiger partial charge is 0.225 e. The molecule has 1 amide bonds. The Balaban J connectivity index is 0.00000225. The van der Waals surface area contributed by atoms with Gasteiger partial charge in [-0.2, -0.15) is 0 Å². The number of carbonyl (C=O) groups is 1. The van der Waals surface area contributed by atoms with E-state index in [4.69, 9.17) is 10.5 Å². The molecule has 0 aromatic heterocycles. The number of nitrogens with two attached hydrogens (primary N) is 1. The van der Waals surface area contributed by atoms with Gasteiger partial charge < -0.3 is 15.4 Å². The van der Waals surface area contributed by atoms with E-state index in [-0.39, 0.29) is 30.3 Å². The van der Waals surface area contributed by atoms with Gasteiger partial charge in [-0.05, 0) is 19.3 Å². The van der Waals surface area contributed by atoms with Crippen molar-refractivity contribution in [2.75, 3.05) is 27.3 Å². The van der Waals surface area contributed by atoms with E-state index in [2.05, 4.69) is 0 Å². The number of methoxy groups -OCH3 is 1. The molecule has 2 atom stereocenters. The van der Waals surface area contributed by atoms with Crippen LogP contribution in [-0.4, -0.2) is 44.2 Å². The molecular formula is C11H23ClN2O2. The minimum absolute atomic E-state index is 0. The third kappa shape index (κ3) is 4.68. The molecule has 0 spiro atoms. The number of nitrogens with zero attached hydrogens (tertiary/aromatic N) is 1. The van der Waals surface area contributed by atoms with E-state index in [1.807, 2.05) is 7.05 Å². The largest absolute Gasteiger partial charge is 0.383 e. The molecule has 0 radical (unpaired) electrons. The molecule has 0 bridgehead atoms. The molecule has 5 heteroatoms. The molecule has 2 N–H and O–H groups in total. The summed E-state index contributed by atoms with van der Waals surface area (Å²) in [6.45, 7) is 1.27. The topological polar surface area (TPSA) is 55.6 Å². The fourth-order valence-electron chi connectivity index (χ4n) is 2.10. The Labute approximate surface area is 104 Å². The van der Waals surface area contributed by atoms with Gasteiger partial charge >= 0.3 is 0 Å². The summed E-state index contributed by atoms with van der Waals surface area (Å²) in [5.74, 6) is 0.359. The standard InChI is InChI=1S/C11H22N2O2.ClH/c1-13(6-7-15-2)11(14)9-4-3-5-10(12)8-9;/h9-10H,3-8,12H2,1-2H3;1H. The fraction of sp³-hybridized carbons (Fsp3) is 0.909. The number of amides is 1. The van der Waals surface area contributed by atoms with E-state index >= 15 is 0 Å². The summed E-state index contributed by atoms with van der Waals surface area (Å²) >= 11 is 0. The zero-order valence-corrected chi connectivity index (χ0v) is 11.0. The van der Waals surface area contributed by atoms with Gasteiger partial charge in [-0.25, -0.2) is 0 Å². The predicted molar refractivity (Wildman–Crippen MR) is 66.7 cm³/mol. The van der Waals surface area contributed by atoms with Crippen LogP contribution in [0.4, 0.5) is 0 Å². The molecular weight excluding hydrogens is 228 g/mol. The molecule has 16 heavy (non-hydrogen) atoms. The normalized spacial score (nSPS) is 24.7. The van der Waals surface area contributed by atoms with E-state index in [0.717, 1.165) is 25.7 Å². The lowest BCUT2D eigenvalue weighted by atomic mass is 9.85. The molecule has 1 aliphatic rings. The summed E-state index contributed by atoms with van der Waals surface area (Å²) in [6.07, 6.45) is 3.97. The van der Waals surface area contributed by atoms with Crippen LogP contribution in [0.5, 0.6) is 0 Å². The molecule has 1 fully saturated rings. The van der Waals surface area contributed by atoms with Crippen LogP contribution in [0.2, 0.25) is 0 Å². The molecule has 1 rings (SSSR count). The van der Waals surface area contributed by atoms with Crippen LogP contribution >= 0.6 is 12.4 Å². The lowest BCUT2D eigenvalue weighted by Crippen LogP contribution is -2.39. The van der Waals surface area contributed by atoms with Crippen molar-refractivity contribution in [3.8, 4) is 0 Å². The number of carbonyl (C=O) groups excluding carboxylic acids is 1. The first-order chi connectivity index (χ1) is 7.15. The minimum atomic E-state index is 0. The second kappa shape index (κ2) is 7.87. The fourth-order valence-corrected chi connectivity index (χ4v) is 2.10. The predicted octanol–water partition coefficient (Wildman–Crippen LogP) is 1.03. The summed E-state index contributed by atoms with van der Waals surface area (Å²) in [6, 6.07) is 0.212. The van der Waals surface area contributed by atoms with Crippen LogP contribution in [0.1, 0.15) is 25.7 Å². The molecule has 0 aliphatic heterocycles. The van der Waals surface area contributed by atoms with Gasteiger partial charge in [-0.1, -0.05) is 6.42 Å². The van der Waals surface area contributed by atoms with E-state index in [0.29, 0.717) is 13.2 Å². The number of rotatable bonds is 4. The Morgan fingerprint density at radius 2 is 2.19 bits per heavy atom. The molecule has 0 heterocycles. The van der Waals surface area contributed by atoms with Gasteiger partial charge in [0.15, 0.2) is 0 Å². The Morgan fingerprint density at radius 1 is 1.50 bits per heavy atom. The van der Waals surface area contributed by atoms with Crippen LogP contribution in [-0.2, 0) is 9.53 Å². The number of hydrogen-bond acceptors (Lipinski definition) is 3. The minimum Gasteiger partial charge on any atom is -0.383 e. The highest BCUT2D eigenvalue weighted by atomic mass is 35.5. The average molecular weight is 251 g/mol. The summed E-state index contributed by atoms with van der Waals surface area (Å²) in [5.41, 5.74) is 5.87. The number of likely N-dealkylation sites (N-methyl/N-ethyl adjacent to an activating group) is 1. The van der Waals surface area contributed by atoms with Gasteiger partial charge in [-0.3, -0.25) is 4.79 Å². The van der Waals surface area contributed by atoms with Crippen molar-refractivity contribution in [2.45, 2.75) is 31.7 Å².